The number of carbonyl (C=O) groups excluding carboxylic acids is 3. The van der Waals surface area contributed by atoms with Crippen molar-refractivity contribution in [2.75, 3.05) is 6.54 Å². The van der Waals surface area contributed by atoms with Gasteiger partial charge in [0.1, 0.15) is 5.60 Å². The van der Waals surface area contributed by atoms with Gasteiger partial charge in [0, 0.05) is 19.0 Å². The molecule has 3 amide bonds. The molecule has 0 bridgehead atoms. The summed E-state index contributed by atoms with van der Waals surface area (Å²) in [4.78, 5) is 37.7. The van der Waals surface area contributed by atoms with E-state index in [1.807, 2.05) is 65.0 Å². The number of aliphatic hydroxyl groups is 1. The summed E-state index contributed by atoms with van der Waals surface area (Å²) in [5.74, 6) is -1.09. The average molecular weight is 478 g/mol. The second-order valence-corrected chi connectivity index (χ2v) is 11.1. The molecule has 4 N–H and O–H groups in total. The van der Waals surface area contributed by atoms with Gasteiger partial charge in [0.25, 0.3) is 0 Å². The second kappa shape index (κ2) is 12.7. The van der Waals surface area contributed by atoms with E-state index in [0.717, 1.165) is 5.56 Å². The number of carbonyl (C=O) groups is 3. The molecule has 8 nitrogen and oxygen atoms in total. The summed E-state index contributed by atoms with van der Waals surface area (Å²) in [6.07, 6.45) is -1.30. The van der Waals surface area contributed by atoms with E-state index in [1.54, 1.807) is 20.8 Å². The molecule has 0 unspecified atom stereocenters. The number of benzene rings is 1. The maximum absolute atomic E-state index is 13.0. The predicted octanol–water partition coefficient (Wildman–Crippen LogP) is 3.18. The summed E-state index contributed by atoms with van der Waals surface area (Å²) in [5, 5.41) is 19.2. The van der Waals surface area contributed by atoms with Crippen LogP contribution >= 0.6 is 0 Å². The normalized spacial score (nSPS) is 14.6. The maximum Gasteiger partial charge on any atom is 0.407 e. The molecule has 0 fully saturated rings. The Hall–Kier alpha value is -2.61. The third-order valence-electron chi connectivity index (χ3n) is 5.15. The summed E-state index contributed by atoms with van der Waals surface area (Å²) < 4.78 is 5.35. The van der Waals surface area contributed by atoms with Crippen molar-refractivity contribution < 1.29 is 24.2 Å². The highest BCUT2D eigenvalue weighted by Crippen LogP contribution is 2.29. The van der Waals surface area contributed by atoms with Crippen LogP contribution in [0.1, 0.15) is 67.4 Å². The lowest BCUT2D eigenvalue weighted by molar-refractivity contribution is -0.134. The zero-order chi connectivity index (χ0) is 26.1. The number of hydrogen-bond acceptors (Lipinski definition) is 5. The SMILES string of the molecule is CC(C)NC(=O)C[C@@H](C(=O)NC[C@@H](O)[C@H](Cc1ccccc1)NC(=O)OC(C)(C)C)C(C)(C)C. The van der Waals surface area contributed by atoms with Gasteiger partial charge in [-0.1, -0.05) is 51.1 Å². The van der Waals surface area contributed by atoms with Gasteiger partial charge in [-0.15, -0.1) is 0 Å². The molecule has 0 saturated heterocycles. The molecule has 34 heavy (non-hydrogen) atoms. The van der Waals surface area contributed by atoms with Gasteiger partial charge in [-0.25, -0.2) is 4.79 Å². The fraction of sp³-hybridized carbons (Fsp3) is 0.654. The van der Waals surface area contributed by atoms with Crippen molar-refractivity contribution in [3.63, 3.8) is 0 Å². The standard InChI is InChI=1S/C26H43N3O5/c1-17(2)28-22(31)15-19(25(3,4)5)23(32)27-16-21(30)20(14-18-12-10-9-11-13-18)29-24(33)34-26(6,7)8/h9-13,17,19-21,30H,14-16H2,1-8H3,(H,27,32)(H,28,31)(H,29,33)/t19-,20-,21+/m0/s1. The lowest BCUT2D eigenvalue weighted by atomic mass is 9.78. The third-order valence-corrected chi connectivity index (χ3v) is 5.15. The van der Waals surface area contributed by atoms with Gasteiger partial charge in [0.05, 0.1) is 18.1 Å². The van der Waals surface area contributed by atoms with Crippen molar-refractivity contribution in [3.05, 3.63) is 35.9 Å². The Labute approximate surface area is 204 Å². The zero-order valence-electron chi connectivity index (χ0n) is 21.9. The molecule has 3 atom stereocenters. The smallest absolute Gasteiger partial charge is 0.407 e. The van der Waals surface area contributed by atoms with Crippen LogP contribution in [0.25, 0.3) is 0 Å². The minimum absolute atomic E-state index is 0.0179. The first-order valence-corrected chi connectivity index (χ1v) is 11.9. The predicted molar refractivity (Wildman–Crippen MR) is 133 cm³/mol. The first-order valence-electron chi connectivity index (χ1n) is 11.9. The Morgan fingerprint density at radius 1 is 0.971 bits per heavy atom. The number of amides is 3. The molecule has 1 rings (SSSR count). The Morgan fingerprint density at radius 3 is 2.06 bits per heavy atom. The maximum atomic E-state index is 13.0. The molecule has 192 valence electrons. The van der Waals surface area contributed by atoms with Gasteiger partial charge >= 0.3 is 6.09 Å². The Kier molecular flexibility index (Phi) is 11.0. The molecule has 8 heteroatoms. The van der Waals surface area contributed by atoms with Gasteiger partial charge < -0.3 is 25.8 Å². The van der Waals surface area contributed by atoms with E-state index >= 15 is 0 Å². The molecule has 0 aliphatic heterocycles. The molecule has 0 heterocycles. The molecule has 0 spiro atoms. The van der Waals surface area contributed by atoms with Crippen LogP contribution in [-0.4, -0.2) is 53.3 Å². The lowest BCUT2D eigenvalue weighted by Gasteiger charge is -2.31. The lowest BCUT2D eigenvalue weighted by Crippen LogP contribution is -2.52. The fourth-order valence-electron chi connectivity index (χ4n) is 3.44. The topological polar surface area (TPSA) is 117 Å². The number of ether oxygens (including phenoxy) is 1. The molecular weight excluding hydrogens is 434 g/mol. The molecule has 0 saturated carbocycles. The van der Waals surface area contributed by atoms with E-state index in [0.29, 0.717) is 6.42 Å². The average Bonchev–Trinajstić information content (AvgIpc) is 2.67. The van der Waals surface area contributed by atoms with Crippen LogP contribution in [0.15, 0.2) is 30.3 Å². The van der Waals surface area contributed by atoms with Crippen LogP contribution in [0.5, 0.6) is 0 Å². The summed E-state index contributed by atoms with van der Waals surface area (Å²) in [5.41, 5.74) is -0.217. The molecule has 1 aromatic rings. The molecule has 1 aromatic carbocycles. The van der Waals surface area contributed by atoms with E-state index in [4.69, 9.17) is 4.74 Å². The van der Waals surface area contributed by atoms with Crippen LogP contribution in [0.3, 0.4) is 0 Å². The van der Waals surface area contributed by atoms with E-state index in [2.05, 4.69) is 16.0 Å². The Morgan fingerprint density at radius 2 is 1.56 bits per heavy atom. The van der Waals surface area contributed by atoms with E-state index in [1.165, 1.54) is 0 Å². The first kappa shape index (κ1) is 29.4. The Balaban J connectivity index is 2.89. The van der Waals surface area contributed by atoms with E-state index in [9.17, 15) is 19.5 Å². The van der Waals surface area contributed by atoms with Crippen LogP contribution in [0, 0.1) is 11.3 Å². The van der Waals surface area contributed by atoms with Gasteiger partial charge in [-0.2, -0.15) is 0 Å². The molecule has 0 aliphatic carbocycles. The van der Waals surface area contributed by atoms with Gasteiger partial charge in [-0.3, -0.25) is 9.59 Å². The minimum atomic E-state index is -1.07. The summed E-state index contributed by atoms with van der Waals surface area (Å²) in [7, 11) is 0. The number of rotatable bonds is 10. The fourth-order valence-corrected chi connectivity index (χ4v) is 3.44. The minimum Gasteiger partial charge on any atom is -0.444 e. The number of aliphatic hydroxyl groups excluding tert-OH is 1. The highest BCUT2D eigenvalue weighted by molar-refractivity contribution is 5.86. The number of alkyl carbamates (subject to hydrolysis) is 1. The van der Waals surface area contributed by atoms with Crippen LogP contribution in [0.4, 0.5) is 4.79 Å². The zero-order valence-corrected chi connectivity index (χ0v) is 21.9. The summed E-state index contributed by atoms with van der Waals surface area (Å²) >= 11 is 0. The molecule has 0 aliphatic rings. The second-order valence-electron chi connectivity index (χ2n) is 11.1. The number of nitrogens with one attached hydrogen (secondary N) is 3. The van der Waals surface area contributed by atoms with Crippen molar-refractivity contribution in [2.45, 2.75) is 92.0 Å². The van der Waals surface area contributed by atoms with Crippen molar-refractivity contribution >= 4 is 17.9 Å². The van der Waals surface area contributed by atoms with E-state index in [-0.39, 0.29) is 30.8 Å². The third kappa shape index (κ3) is 11.5. The van der Waals surface area contributed by atoms with E-state index < -0.39 is 35.2 Å². The van der Waals surface area contributed by atoms with Crippen LogP contribution in [0.2, 0.25) is 0 Å². The van der Waals surface area contributed by atoms with Crippen LogP contribution < -0.4 is 16.0 Å². The summed E-state index contributed by atoms with van der Waals surface area (Å²) in [6.45, 7) is 14.6. The van der Waals surface area contributed by atoms with Gasteiger partial charge in [-0.05, 0) is 52.0 Å². The largest absolute Gasteiger partial charge is 0.444 e. The van der Waals surface area contributed by atoms with Crippen molar-refractivity contribution in [3.8, 4) is 0 Å². The van der Waals surface area contributed by atoms with Crippen molar-refractivity contribution in [1.29, 1.82) is 0 Å². The quantitative estimate of drug-likeness (QED) is 0.413. The van der Waals surface area contributed by atoms with Gasteiger partial charge in [0.15, 0.2) is 0 Å². The van der Waals surface area contributed by atoms with Crippen molar-refractivity contribution in [1.82, 2.24) is 16.0 Å². The molecular formula is C26H43N3O5. The highest BCUT2D eigenvalue weighted by atomic mass is 16.6. The molecule has 0 radical (unpaired) electrons. The van der Waals surface area contributed by atoms with Crippen LogP contribution in [-0.2, 0) is 20.7 Å². The number of hydrogen-bond donors (Lipinski definition) is 4. The Bertz CT molecular complexity index is 797. The van der Waals surface area contributed by atoms with Gasteiger partial charge in [0.2, 0.25) is 11.8 Å². The first-order chi connectivity index (χ1) is 15.6. The molecule has 0 aromatic heterocycles. The monoisotopic (exact) mass is 477 g/mol. The summed E-state index contributed by atoms with van der Waals surface area (Å²) in [6, 6.07) is 8.74. The highest BCUT2D eigenvalue weighted by Gasteiger charge is 2.34. The van der Waals surface area contributed by atoms with Crippen molar-refractivity contribution in [2.24, 2.45) is 11.3 Å².